The number of hydrogen-bond donors (Lipinski definition) is 2. The smallest absolute Gasteiger partial charge is 0.224 e. The summed E-state index contributed by atoms with van der Waals surface area (Å²) in [5, 5.41) is 2.90. The lowest BCUT2D eigenvalue weighted by atomic mass is 10.00. The molecule has 1 rings (SSSR count). The van der Waals surface area contributed by atoms with E-state index in [4.69, 9.17) is 5.73 Å². The van der Waals surface area contributed by atoms with E-state index in [1.165, 1.54) is 0 Å². The molecule has 0 aromatic heterocycles. The zero-order valence-electron chi connectivity index (χ0n) is 11.1. The molecule has 0 aliphatic rings. The molecule has 0 saturated carbocycles. The van der Waals surface area contributed by atoms with Crippen molar-refractivity contribution in [1.82, 2.24) is 0 Å². The van der Waals surface area contributed by atoms with Crippen LogP contribution in [0, 0.1) is 13.8 Å². The van der Waals surface area contributed by atoms with Gasteiger partial charge in [-0.1, -0.05) is 6.07 Å². The molecule has 94 valence electrons. The molecule has 1 aromatic rings. The quantitative estimate of drug-likeness (QED) is 0.841. The standard InChI is InChI=1S/C14H22N2O/c1-10-7-11(2)9-12(8-10)16-13(17)5-6-14(3,4)15/h7-9H,5-6,15H2,1-4H3,(H,16,17). The number of amides is 1. The van der Waals surface area contributed by atoms with E-state index < -0.39 is 0 Å². The zero-order chi connectivity index (χ0) is 13.1. The Kier molecular flexibility index (Phi) is 4.29. The van der Waals surface area contributed by atoms with Crippen LogP contribution in [0.25, 0.3) is 0 Å². The zero-order valence-corrected chi connectivity index (χ0v) is 11.1. The van der Waals surface area contributed by atoms with Gasteiger partial charge < -0.3 is 11.1 Å². The topological polar surface area (TPSA) is 55.1 Å². The molecular formula is C14H22N2O. The van der Waals surface area contributed by atoms with Gasteiger partial charge in [-0.25, -0.2) is 0 Å². The Morgan fingerprint density at radius 2 is 1.76 bits per heavy atom. The number of hydrogen-bond acceptors (Lipinski definition) is 2. The lowest BCUT2D eigenvalue weighted by molar-refractivity contribution is -0.116. The molecule has 1 amide bonds. The molecule has 0 spiro atoms. The number of anilines is 1. The molecule has 0 aliphatic heterocycles. The number of carbonyl (C=O) groups is 1. The van der Waals surface area contributed by atoms with Crippen molar-refractivity contribution in [2.75, 3.05) is 5.32 Å². The monoisotopic (exact) mass is 234 g/mol. The van der Waals surface area contributed by atoms with Crippen LogP contribution in [0.15, 0.2) is 18.2 Å². The first-order valence-corrected chi connectivity index (χ1v) is 5.93. The van der Waals surface area contributed by atoms with Crippen LogP contribution in [0.3, 0.4) is 0 Å². The number of nitrogens with two attached hydrogens (primary N) is 1. The highest BCUT2D eigenvalue weighted by molar-refractivity contribution is 5.90. The second-order valence-corrected chi connectivity index (χ2v) is 5.41. The van der Waals surface area contributed by atoms with E-state index in [1.807, 2.05) is 39.8 Å². The Morgan fingerprint density at radius 1 is 1.24 bits per heavy atom. The van der Waals surface area contributed by atoms with Crippen molar-refractivity contribution >= 4 is 11.6 Å². The second-order valence-electron chi connectivity index (χ2n) is 5.41. The van der Waals surface area contributed by atoms with Gasteiger partial charge in [-0.05, 0) is 57.4 Å². The number of nitrogens with one attached hydrogen (secondary N) is 1. The largest absolute Gasteiger partial charge is 0.326 e. The average Bonchev–Trinajstić information content (AvgIpc) is 2.11. The second kappa shape index (κ2) is 5.32. The minimum atomic E-state index is -0.292. The lowest BCUT2D eigenvalue weighted by Crippen LogP contribution is -2.33. The van der Waals surface area contributed by atoms with Crippen molar-refractivity contribution in [2.24, 2.45) is 5.73 Å². The molecule has 0 radical (unpaired) electrons. The molecule has 0 saturated heterocycles. The molecule has 3 heteroatoms. The van der Waals surface area contributed by atoms with E-state index >= 15 is 0 Å². The predicted octanol–water partition coefficient (Wildman–Crippen LogP) is 2.76. The summed E-state index contributed by atoms with van der Waals surface area (Å²) in [5.41, 5.74) is 8.72. The van der Waals surface area contributed by atoms with Crippen molar-refractivity contribution in [3.8, 4) is 0 Å². The Labute approximate surface area is 103 Å². The minimum Gasteiger partial charge on any atom is -0.326 e. The first-order valence-electron chi connectivity index (χ1n) is 5.93. The normalized spacial score (nSPS) is 11.4. The maximum atomic E-state index is 11.7. The maximum Gasteiger partial charge on any atom is 0.224 e. The van der Waals surface area contributed by atoms with E-state index in [1.54, 1.807) is 0 Å². The highest BCUT2D eigenvalue weighted by Gasteiger charge is 2.13. The fraction of sp³-hybridized carbons (Fsp3) is 0.500. The highest BCUT2D eigenvalue weighted by Crippen LogP contribution is 2.15. The van der Waals surface area contributed by atoms with Gasteiger partial charge in [0.2, 0.25) is 5.91 Å². The summed E-state index contributed by atoms with van der Waals surface area (Å²) in [4.78, 5) is 11.7. The Hall–Kier alpha value is -1.35. The van der Waals surface area contributed by atoms with E-state index in [9.17, 15) is 4.79 Å². The summed E-state index contributed by atoms with van der Waals surface area (Å²) in [6.07, 6.45) is 1.14. The van der Waals surface area contributed by atoms with Gasteiger partial charge in [0.05, 0.1) is 0 Å². The van der Waals surface area contributed by atoms with Gasteiger partial charge in [0.15, 0.2) is 0 Å². The summed E-state index contributed by atoms with van der Waals surface area (Å²) in [7, 11) is 0. The molecule has 0 unspecified atom stereocenters. The van der Waals surface area contributed by atoms with Crippen molar-refractivity contribution in [2.45, 2.75) is 46.1 Å². The molecule has 3 N–H and O–H groups in total. The summed E-state index contributed by atoms with van der Waals surface area (Å²) in [6.45, 7) is 7.89. The fourth-order valence-corrected chi connectivity index (χ4v) is 1.71. The Morgan fingerprint density at radius 3 is 2.24 bits per heavy atom. The predicted molar refractivity (Wildman–Crippen MR) is 72.0 cm³/mol. The van der Waals surface area contributed by atoms with Gasteiger partial charge in [0, 0.05) is 17.6 Å². The lowest BCUT2D eigenvalue weighted by Gasteiger charge is -2.17. The van der Waals surface area contributed by atoms with Crippen molar-refractivity contribution in [3.63, 3.8) is 0 Å². The molecule has 1 aromatic carbocycles. The molecule has 3 nitrogen and oxygen atoms in total. The van der Waals surface area contributed by atoms with E-state index in [2.05, 4.69) is 11.4 Å². The molecule has 0 bridgehead atoms. The van der Waals surface area contributed by atoms with Crippen LogP contribution in [0.5, 0.6) is 0 Å². The number of carbonyl (C=O) groups excluding carboxylic acids is 1. The number of aryl methyl sites for hydroxylation is 2. The van der Waals surface area contributed by atoms with Gasteiger partial charge in [0.1, 0.15) is 0 Å². The van der Waals surface area contributed by atoms with Gasteiger partial charge >= 0.3 is 0 Å². The van der Waals surface area contributed by atoms with Crippen LogP contribution in [-0.2, 0) is 4.79 Å². The van der Waals surface area contributed by atoms with Crippen molar-refractivity contribution < 1.29 is 4.79 Å². The average molecular weight is 234 g/mol. The highest BCUT2D eigenvalue weighted by atomic mass is 16.1. The van der Waals surface area contributed by atoms with Gasteiger partial charge in [-0.15, -0.1) is 0 Å². The molecule has 0 atom stereocenters. The van der Waals surface area contributed by atoms with E-state index in [-0.39, 0.29) is 11.4 Å². The van der Waals surface area contributed by atoms with Crippen molar-refractivity contribution in [1.29, 1.82) is 0 Å². The fourth-order valence-electron chi connectivity index (χ4n) is 1.71. The minimum absolute atomic E-state index is 0.0218. The third-order valence-electron chi connectivity index (χ3n) is 2.50. The van der Waals surface area contributed by atoms with Crippen LogP contribution in [0.4, 0.5) is 5.69 Å². The van der Waals surface area contributed by atoms with Crippen LogP contribution in [0.2, 0.25) is 0 Å². The van der Waals surface area contributed by atoms with Gasteiger partial charge in [0.25, 0.3) is 0 Å². The summed E-state index contributed by atoms with van der Waals surface area (Å²) in [6, 6.07) is 6.02. The van der Waals surface area contributed by atoms with Crippen molar-refractivity contribution in [3.05, 3.63) is 29.3 Å². The molecule has 0 heterocycles. The Balaban J connectivity index is 2.56. The Bertz CT molecular complexity index is 385. The maximum absolute atomic E-state index is 11.7. The van der Waals surface area contributed by atoms with E-state index in [0.717, 1.165) is 16.8 Å². The first kappa shape index (κ1) is 13.7. The van der Waals surface area contributed by atoms with Crippen LogP contribution in [-0.4, -0.2) is 11.4 Å². The SMILES string of the molecule is Cc1cc(C)cc(NC(=O)CCC(C)(C)N)c1. The van der Waals surface area contributed by atoms with Gasteiger partial charge in [-0.3, -0.25) is 4.79 Å². The summed E-state index contributed by atoms with van der Waals surface area (Å²) >= 11 is 0. The number of benzene rings is 1. The molecule has 0 aliphatic carbocycles. The third-order valence-corrected chi connectivity index (χ3v) is 2.50. The van der Waals surface area contributed by atoms with Crippen LogP contribution >= 0.6 is 0 Å². The third kappa shape index (κ3) is 5.50. The molecule has 17 heavy (non-hydrogen) atoms. The number of rotatable bonds is 4. The summed E-state index contributed by atoms with van der Waals surface area (Å²) < 4.78 is 0. The van der Waals surface area contributed by atoms with Gasteiger partial charge in [-0.2, -0.15) is 0 Å². The van der Waals surface area contributed by atoms with E-state index in [0.29, 0.717) is 12.8 Å². The van der Waals surface area contributed by atoms with Crippen LogP contribution in [0.1, 0.15) is 37.8 Å². The van der Waals surface area contributed by atoms with Crippen LogP contribution < -0.4 is 11.1 Å². The molecular weight excluding hydrogens is 212 g/mol. The summed E-state index contributed by atoms with van der Waals surface area (Å²) in [5.74, 6) is 0.0218. The first-order chi connectivity index (χ1) is 7.76. The molecule has 0 fully saturated rings.